The normalized spacial score (nSPS) is 10.4. The average Bonchev–Trinajstić information content (AvgIpc) is 2.77. The second kappa shape index (κ2) is 5.47. The van der Waals surface area contributed by atoms with E-state index in [0.717, 1.165) is 11.9 Å². The van der Waals surface area contributed by atoms with Crippen molar-refractivity contribution in [3.8, 4) is 0 Å². The fraction of sp³-hybridized carbons (Fsp3) is 0.250. The number of nitrogens with one attached hydrogen (secondary N) is 1. The Labute approximate surface area is 108 Å². The molecule has 0 atom stereocenters. The van der Waals surface area contributed by atoms with Gasteiger partial charge in [-0.2, -0.15) is 0 Å². The number of carboxylic acid groups (broad SMARTS) is 1. The van der Waals surface area contributed by atoms with Crippen LogP contribution in [0.2, 0.25) is 0 Å². The molecule has 7 heteroatoms. The molecular weight excluding hydrogens is 251 g/mol. The number of aromatic nitrogens is 3. The fourth-order valence-electron chi connectivity index (χ4n) is 1.63. The van der Waals surface area contributed by atoms with Gasteiger partial charge < -0.3 is 15.0 Å². The predicted molar refractivity (Wildman–Crippen MR) is 66.6 cm³/mol. The number of hydrogen-bond donors (Lipinski definition) is 2. The van der Waals surface area contributed by atoms with Crippen LogP contribution >= 0.6 is 0 Å². The molecule has 0 unspecified atom stereocenters. The quantitative estimate of drug-likeness (QED) is 0.851. The molecule has 0 aliphatic carbocycles. The highest BCUT2D eigenvalue weighted by Crippen LogP contribution is 2.15. The van der Waals surface area contributed by atoms with E-state index in [9.17, 15) is 9.18 Å². The van der Waals surface area contributed by atoms with E-state index < -0.39 is 11.8 Å². The number of halogens is 1. The van der Waals surface area contributed by atoms with Gasteiger partial charge in [0.15, 0.2) is 0 Å². The molecule has 1 heterocycles. The van der Waals surface area contributed by atoms with Gasteiger partial charge >= 0.3 is 5.97 Å². The zero-order valence-electron chi connectivity index (χ0n) is 10.3. The lowest BCUT2D eigenvalue weighted by Gasteiger charge is -2.07. The topological polar surface area (TPSA) is 80.0 Å². The first kappa shape index (κ1) is 13.0. The van der Waals surface area contributed by atoms with Gasteiger partial charge in [-0.15, -0.1) is 10.2 Å². The number of hydrogen-bond acceptors (Lipinski definition) is 4. The maximum atomic E-state index is 13.6. The summed E-state index contributed by atoms with van der Waals surface area (Å²) in [5.74, 6) is -0.947. The SMILES string of the molecule is Cn1cnnc1CCNc1ccc(C(=O)O)cc1F. The van der Waals surface area contributed by atoms with Gasteiger partial charge in [0.1, 0.15) is 18.0 Å². The lowest BCUT2D eigenvalue weighted by molar-refractivity contribution is 0.0696. The minimum absolute atomic E-state index is 0.0728. The number of nitrogens with zero attached hydrogens (tertiary/aromatic N) is 3. The van der Waals surface area contributed by atoms with E-state index in [1.165, 1.54) is 12.1 Å². The van der Waals surface area contributed by atoms with Gasteiger partial charge in [-0.1, -0.05) is 0 Å². The van der Waals surface area contributed by atoms with E-state index in [1.807, 2.05) is 7.05 Å². The van der Waals surface area contributed by atoms with Crippen molar-refractivity contribution in [2.45, 2.75) is 6.42 Å². The van der Waals surface area contributed by atoms with Crippen molar-refractivity contribution in [2.24, 2.45) is 7.05 Å². The van der Waals surface area contributed by atoms with Gasteiger partial charge in [0.2, 0.25) is 0 Å². The van der Waals surface area contributed by atoms with Gasteiger partial charge in [0.05, 0.1) is 11.3 Å². The van der Waals surface area contributed by atoms with Crippen molar-refractivity contribution in [3.63, 3.8) is 0 Å². The van der Waals surface area contributed by atoms with Crippen LogP contribution in [0.15, 0.2) is 24.5 Å². The second-order valence-electron chi connectivity index (χ2n) is 4.03. The molecule has 2 N–H and O–H groups in total. The number of aromatic carboxylic acids is 1. The van der Waals surface area contributed by atoms with Crippen LogP contribution in [-0.2, 0) is 13.5 Å². The summed E-state index contributed by atoms with van der Waals surface area (Å²) in [6.45, 7) is 0.482. The summed E-state index contributed by atoms with van der Waals surface area (Å²) in [5.41, 5.74) is 0.198. The number of carbonyl (C=O) groups is 1. The summed E-state index contributed by atoms with van der Waals surface area (Å²) in [6.07, 6.45) is 2.19. The summed E-state index contributed by atoms with van der Waals surface area (Å²) >= 11 is 0. The molecule has 0 aliphatic heterocycles. The van der Waals surface area contributed by atoms with Crippen LogP contribution in [0.4, 0.5) is 10.1 Å². The maximum Gasteiger partial charge on any atom is 0.335 e. The summed E-state index contributed by atoms with van der Waals surface area (Å²) in [5, 5.41) is 19.3. The molecular formula is C12H13FN4O2. The molecule has 0 bridgehead atoms. The van der Waals surface area contributed by atoms with Gasteiger partial charge in [0.25, 0.3) is 0 Å². The van der Waals surface area contributed by atoms with Crippen molar-refractivity contribution in [2.75, 3.05) is 11.9 Å². The lowest BCUT2D eigenvalue weighted by atomic mass is 10.2. The Balaban J connectivity index is 1.96. The molecule has 2 rings (SSSR count). The van der Waals surface area contributed by atoms with E-state index in [0.29, 0.717) is 13.0 Å². The highest BCUT2D eigenvalue weighted by atomic mass is 19.1. The Morgan fingerprint density at radius 1 is 1.53 bits per heavy atom. The molecule has 19 heavy (non-hydrogen) atoms. The first-order chi connectivity index (χ1) is 9.08. The number of benzene rings is 1. The fourth-order valence-corrected chi connectivity index (χ4v) is 1.63. The molecule has 0 saturated carbocycles. The third-order valence-corrected chi connectivity index (χ3v) is 2.69. The summed E-state index contributed by atoms with van der Waals surface area (Å²) in [6, 6.07) is 3.76. The minimum Gasteiger partial charge on any atom is -0.478 e. The largest absolute Gasteiger partial charge is 0.478 e. The third kappa shape index (κ3) is 3.06. The second-order valence-corrected chi connectivity index (χ2v) is 4.03. The van der Waals surface area contributed by atoms with Crippen LogP contribution in [0.3, 0.4) is 0 Å². The lowest BCUT2D eigenvalue weighted by Crippen LogP contribution is -2.10. The molecule has 0 fully saturated rings. The van der Waals surface area contributed by atoms with Gasteiger partial charge in [0, 0.05) is 20.0 Å². The van der Waals surface area contributed by atoms with Crippen molar-refractivity contribution in [1.29, 1.82) is 0 Å². The van der Waals surface area contributed by atoms with E-state index in [2.05, 4.69) is 15.5 Å². The number of anilines is 1. The summed E-state index contributed by atoms with van der Waals surface area (Å²) in [4.78, 5) is 10.7. The van der Waals surface area contributed by atoms with Gasteiger partial charge in [-0.25, -0.2) is 9.18 Å². The molecule has 1 aromatic carbocycles. The van der Waals surface area contributed by atoms with Crippen LogP contribution in [0, 0.1) is 5.82 Å². The molecule has 0 aliphatic rings. The van der Waals surface area contributed by atoms with E-state index in [4.69, 9.17) is 5.11 Å². The van der Waals surface area contributed by atoms with Crippen molar-refractivity contribution in [3.05, 3.63) is 41.7 Å². The Morgan fingerprint density at radius 3 is 2.89 bits per heavy atom. The maximum absolute atomic E-state index is 13.6. The summed E-state index contributed by atoms with van der Waals surface area (Å²) < 4.78 is 15.4. The molecule has 0 saturated heterocycles. The monoisotopic (exact) mass is 264 g/mol. The smallest absolute Gasteiger partial charge is 0.335 e. The molecule has 0 spiro atoms. The van der Waals surface area contributed by atoms with Crippen molar-refractivity contribution in [1.82, 2.24) is 14.8 Å². The first-order valence-electron chi connectivity index (χ1n) is 5.67. The van der Waals surface area contributed by atoms with Crippen molar-refractivity contribution < 1.29 is 14.3 Å². The molecule has 0 radical (unpaired) electrons. The average molecular weight is 264 g/mol. The molecule has 100 valence electrons. The predicted octanol–water partition coefficient (Wildman–Crippen LogP) is 1.31. The zero-order valence-corrected chi connectivity index (χ0v) is 10.3. The van der Waals surface area contributed by atoms with Crippen LogP contribution in [0.25, 0.3) is 0 Å². The highest BCUT2D eigenvalue weighted by molar-refractivity contribution is 5.88. The van der Waals surface area contributed by atoms with Gasteiger partial charge in [-0.3, -0.25) is 0 Å². The number of rotatable bonds is 5. The Bertz CT molecular complexity index is 597. The van der Waals surface area contributed by atoms with E-state index in [1.54, 1.807) is 10.9 Å². The highest BCUT2D eigenvalue weighted by Gasteiger charge is 2.08. The van der Waals surface area contributed by atoms with E-state index in [-0.39, 0.29) is 11.3 Å². The number of carboxylic acids is 1. The van der Waals surface area contributed by atoms with Crippen LogP contribution in [0.5, 0.6) is 0 Å². The molecule has 2 aromatic rings. The molecule has 1 aromatic heterocycles. The Morgan fingerprint density at radius 2 is 2.32 bits per heavy atom. The standard InChI is InChI=1S/C12H13FN4O2/c1-17-7-15-16-11(17)4-5-14-10-3-2-8(12(18)19)6-9(10)13/h2-3,6-7,14H,4-5H2,1H3,(H,18,19). The van der Waals surface area contributed by atoms with Gasteiger partial charge in [-0.05, 0) is 18.2 Å². The molecule has 0 amide bonds. The van der Waals surface area contributed by atoms with Crippen molar-refractivity contribution >= 4 is 11.7 Å². The van der Waals surface area contributed by atoms with E-state index >= 15 is 0 Å². The van der Waals surface area contributed by atoms with Crippen LogP contribution in [-0.4, -0.2) is 32.4 Å². The minimum atomic E-state index is -1.15. The summed E-state index contributed by atoms with van der Waals surface area (Å²) in [7, 11) is 1.83. The van der Waals surface area contributed by atoms with Crippen LogP contribution in [0.1, 0.15) is 16.2 Å². The third-order valence-electron chi connectivity index (χ3n) is 2.69. The zero-order chi connectivity index (χ0) is 13.8. The Hall–Kier alpha value is -2.44. The molecule has 6 nitrogen and oxygen atoms in total. The van der Waals surface area contributed by atoms with Crippen LogP contribution < -0.4 is 5.32 Å². The first-order valence-corrected chi connectivity index (χ1v) is 5.67. The Kier molecular flexibility index (Phi) is 3.74. The number of aryl methyl sites for hydroxylation is 1.